The zero-order valence-corrected chi connectivity index (χ0v) is 11.0. The van der Waals surface area contributed by atoms with Crippen LogP contribution in [0.15, 0.2) is 29.6 Å². The van der Waals surface area contributed by atoms with E-state index < -0.39 is 0 Å². The maximum Gasteiger partial charge on any atom is 0.0716 e. The van der Waals surface area contributed by atoms with Crippen molar-refractivity contribution in [2.75, 3.05) is 19.6 Å². The van der Waals surface area contributed by atoms with E-state index >= 15 is 0 Å². The zero-order valence-electron chi connectivity index (χ0n) is 10.2. The van der Waals surface area contributed by atoms with Crippen LogP contribution in [0.5, 0.6) is 0 Å². The summed E-state index contributed by atoms with van der Waals surface area (Å²) in [7, 11) is 0. The number of hydrogen-bond donors (Lipinski definition) is 3. The molecule has 96 valence electrons. The molecule has 2 heterocycles. The average Bonchev–Trinajstić information content (AvgIpc) is 2.97. The van der Waals surface area contributed by atoms with Gasteiger partial charge in [0, 0.05) is 36.8 Å². The van der Waals surface area contributed by atoms with Crippen LogP contribution in [0.25, 0.3) is 10.1 Å². The Balaban J connectivity index is 1.60. The fourth-order valence-electron chi connectivity index (χ4n) is 2.49. The molecule has 1 aromatic heterocycles. The highest BCUT2D eigenvalue weighted by Gasteiger charge is 2.24. The zero-order chi connectivity index (χ0) is 12.4. The minimum absolute atomic E-state index is 0.197. The van der Waals surface area contributed by atoms with E-state index in [0.717, 1.165) is 26.2 Å². The van der Waals surface area contributed by atoms with Gasteiger partial charge in [0.05, 0.1) is 6.10 Å². The second-order valence-electron chi connectivity index (χ2n) is 4.87. The molecule has 1 aromatic carbocycles. The summed E-state index contributed by atoms with van der Waals surface area (Å²) in [6, 6.07) is 8.50. The van der Waals surface area contributed by atoms with Crippen molar-refractivity contribution in [3.05, 3.63) is 35.2 Å². The Bertz CT molecular complexity index is 525. The van der Waals surface area contributed by atoms with Gasteiger partial charge in [0.25, 0.3) is 0 Å². The summed E-state index contributed by atoms with van der Waals surface area (Å²) in [6.07, 6.45) is -0.197. The third kappa shape index (κ3) is 2.42. The van der Waals surface area contributed by atoms with E-state index in [4.69, 9.17) is 0 Å². The van der Waals surface area contributed by atoms with Gasteiger partial charge in [-0.2, -0.15) is 0 Å². The molecule has 3 rings (SSSR count). The molecule has 0 saturated carbocycles. The van der Waals surface area contributed by atoms with Gasteiger partial charge in [0.15, 0.2) is 0 Å². The van der Waals surface area contributed by atoms with Gasteiger partial charge in [0.1, 0.15) is 0 Å². The molecule has 1 fully saturated rings. The molecule has 2 unspecified atom stereocenters. The Hall–Kier alpha value is -0.940. The Labute approximate surface area is 111 Å². The molecule has 3 N–H and O–H groups in total. The quantitative estimate of drug-likeness (QED) is 0.784. The number of nitrogens with one attached hydrogen (secondary N) is 2. The lowest BCUT2D eigenvalue weighted by molar-refractivity contribution is 0.146. The van der Waals surface area contributed by atoms with Crippen LogP contribution in [0.4, 0.5) is 0 Å². The summed E-state index contributed by atoms with van der Waals surface area (Å²) >= 11 is 1.80. The maximum absolute atomic E-state index is 9.72. The third-order valence-electron chi connectivity index (χ3n) is 3.59. The Morgan fingerprint density at radius 3 is 3.06 bits per heavy atom. The highest BCUT2D eigenvalue weighted by molar-refractivity contribution is 7.17. The Kier molecular flexibility index (Phi) is 3.61. The fourth-order valence-corrected chi connectivity index (χ4v) is 3.45. The van der Waals surface area contributed by atoms with Gasteiger partial charge in [-0.3, -0.25) is 0 Å². The molecular weight excluding hydrogens is 244 g/mol. The number of aliphatic hydroxyl groups excluding tert-OH is 1. The van der Waals surface area contributed by atoms with Crippen molar-refractivity contribution in [2.45, 2.75) is 12.6 Å². The number of thiophene rings is 1. The second-order valence-corrected chi connectivity index (χ2v) is 5.78. The van der Waals surface area contributed by atoms with Crippen molar-refractivity contribution >= 4 is 21.4 Å². The number of fused-ring (bicyclic) bond motifs is 1. The molecule has 1 aliphatic heterocycles. The van der Waals surface area contributed by atoms with Crippen LogP contribution >= 0.6 is 11.3 Å². The van der Waals surface area contributed by atoms with Gasteiger partial charge in [0.2, 0.25) is 0 Å². The van der Waals surface area contributed by atoms with E-state index in [1.807, 2.05) is 0 Å². The van der Waals surface area contributed by atoms with Gasteiger partial charge < -0.3 is 15.7 Å². The van der Waals surface area contributed by atoms with Crippen LogP contribution in [0.3, 0.4) is 0 Å². The van der Waals surface area contributed by atoms with E-state index in [1.54, 1.807) is 11.3 Å². The molecule has 1 saturated heterocycles. The van der Waals surface area contributed by atoms with Gasteiger partial charge in [-0.05, 0) is 22.4 Å². The highest BCUT2D eigenvalue weighted by atomic mass is 32.1. The first-order valence-electron chi connectivity index (χ1n) is 6.39. The summed E-state index contributed by atoms with van der Waals surface area (Å²) in [5.41, 5.74) is 1.36. The number of hydrogen-bond acceptors (Lipinski definition) is 4. The van der Waals surface area contributed by atoms with Gasteiger partial charge in [-0.15, -0.1) is 11.3 Å². The Morgan fingerprint density at radius 1 is 1.33 bits per heavy atom. The van der Waals surface area contributed by atoms with Gasteiger partial charge >= 0.3 is 0 Å². The predicted octanol–water partition coefficient (Wildman–Crippen LogP) is 1.57. The maximum atomic E-state index is 9.72. The van der Waals surface area contributed by atoms with Crippen molar-refractivity contribution < 1.29 is 5.11 Å². The Morgan fingerprint density at radius 2 is 2.22 bits per heavy atom. The van der Waals surface area contributed by atoms with Crippen molar-refractivity contribution in [2.24, 2.45) is 5.92 Å². The number of benzene rings is 1. The molecule has 3 nitrogen and oxygen atoms in total. The van der Waals surface area contributed by atoms with Crippen LogP contribution in [0.1, 0.15) is 5.56 Å². The van der Waals surface area contributed by atoms with E-state index in [9.17, 15) is 5.11 Å². The highest BCUT2D eigenvalue weighted by Crippen LogP contribution is 2.25. The van der Waals surface area contributed by atoms with E-state index in [1.165, 1.54) is 15.6 Å². The molecule has 18 heavy (non-hydrogen) atoms. The lowest BCUT2D eigenvalue weighted by Gasteiger charge is -2.13. The van der Waals surface area contributed by atoms with Crippen LogP contribution in [0, 0.1) is 5.92 Å². The number of aliphatic hydroxyl groups is 1. The fraction of sp³-hybridized carbons (Fsp3) is 0.429. The first-order valence-corrected chi connectivity index (χ1v) is 7.27. The summed E-state index contributed by atoms with van der Waals surface area (Å²) in [4.78, 5) is 0. The number of rotatable bonds is 4. The summed E-state index contributed by atoms with van der Waals surface area (Å²) in [6.45, 7) is 3.40. The van der Waals surface area contributed by atoms with Crippen LogP contribution in [0.2, 0.25) is 0 Å². The van der Waals surface area contributed by atoms with Crippen molar-refractivity contribution in [1.82, 2.24) is 10.6 Å². The lowest BCUT2D eigenvalue weighted by Crippen LogP contribution is -2.30. The molecular formula is C14H18N2OS. The molecule has 2 atom stereocenters. The second kappa shape index (κ2) is 5.36. The molecule has 4 heteroatoms. The SMILES string of the molecule is OC1CNCC1CNCc1csc2ccccc12. The van der Waals surface area contributed by atoms with Crippen LogP contribution in [-0.2, 0) is 6.54 Å². The van der Waals surface area contributed by atoms with Crippen LogP contribution in [-0.4, -0.2) is 30.8 Å². The third-order valence-corrected chi connectivity index (χ3v) is 4.60. The molecule has 0 spiro atoms. The average molecular weight is 262 g/mol. The first-order chi connectivity index (χ1) is 8.84. The topological polar surface area (TPSA) is 44.3 Å². The smallest absolute Gasteiger partial charge is 0.0716 e. The summed E-state index contributed by atoms with van der Waals surface area (Å²) in [5.74, 6) is 0.342. The summed E-state index contributed by atoms with van der Waals surface area (Å²) < 4.78 is 1.34. The normalized spacial score (nSPS) is 23.8. The molecule has 0 radical (unpaired) electrons. The van der Waals surface area contributed by atoms with Crippen LogP contribution < -0.4 is 10.6 Å². The van der Waals surface area contributed by atoms with Crippen molar-refractivity contribution in [3.63, 3.8) is 0 Å². The molecule has 0 amide bonds. The first kappa shape index (κ1) is 12.1. The van der Waals surface area contributed by atoms with E-state index in [-0.39, 0.29) is 6.10 Å². The largest absolute Gasteiger partial charge is 0.391 e. The van der Waals surface area contributed by atoms with Gasteiger partial charge in [-0.25, -0.2) is 0 Å². The number of β-amino-alcohol motifs (C(OH)–C–C–N with tert-alkyl or cyclic N) is 1. The molecule has 1 aliphatic rings. The van der Waals surface area contributed by atoms with E-state index in [0.29, 0.717) is 5.92 Å². The lowest BCUT2D eigenvalue weighted by atomic mass is 10.1. The summed E-state index contributed by atoms with van der Waals surface area (Å²) in [5, 5.41) is 20.0. The molecule has 2 aromatic rings. The minimum atomic E-state index is -0.197. The van der Waals surface area contributed by atoms with Crippen molar-refractivity contribution in [1.29, 1.82) is 0 Å². The minimum Gasteiger partial charge on any atom is -0.391 e. The van der Waals surface area contributed by atoms with Crippen molar-refractivity contribution in [3.8, 4) is 0 Å². The molecule has 0 bridgehead atoms. The monoisotopic (exact) mass is 262 g/mol. The molecule has 0 aliphatic carbocycles. The predicted molar refractivity (Wildman–Crippen MR) is 75.9 cm³/mol. The standard InChI is InChI=1S/C14H18N2OS/c17-13-8-16-6-10(13)5-15-7-11-9-18-14-4-2-1-3-12(11)14/h1-4,9-10,13,15-17H,5-8H2. The van der Waals surface area contributed by atoms with Gasteiger partial charge in [-0.1, -0.05) is 18.2 Å². The van der Waals surface area contributed by atoms with E-state index in [2.05, 4.69) is 40.3 Å².